The van der Waals surface area contributed by atoms with Gasteiger partial charge in [-0.25, -0.2) is 0 Å². The van der Waals surface area contributed by atoms with E-state index in [4.69, 9.17) is 9.84 Å². The predicted octanol–water partition coefficient (Wildman–Crippen LogP) is 2.23. The fourth-order valence-electron chi connectivity index (χ4n) is 2.38. The molecule has 0 spiro atoms. The number of thioether (sulfide) groups is 1. The molecule has 6 nitrogen and oxygen atoms in total. The lowest BCUT2D eigenvalue weighted by atomic mass is 10.1. The van der Waals surface area contributed by atoms with Gasteiger partial charge in [-0.2, -0.15) is 0 Å². The fraction of sp³-hybridized carbons (Fsp3) is 0.467. The van der Waals surface area contributed by atoms with E-state index in [0.29, 0.717) is 18.7 Å². The van der Waals surface area contributed by atoms with Crippen LogP contribution in [0.25, 0.3) is 0 Å². The topological polar surface area (TPSA) is 87.1 Å². The summed E-state index contributed by atoms with van der Waals surface area (Å²) in [7, 11) is 1.48. The summed E-state index contributed by atoms with van der Waals surface area (Å²) in [6.07, 6.45) is 0.587. The number of carboxylic acid groups (broad SMARTS) is 1. The zero-order valence-electron chi connectivity index (χ0n) is 12.3. The van der Waals surface area contributed by atoms with Crippen LogP contribution in [0.15, 0.2) is 18.2 Å². The molecule has 1 amide bonds. The lowest BCUT2D eigenvalue weighted by Gasteiger charge is -2.24. The highest BCUT2D eigenvalue weighted by molar-refractivity contribution is 7.99. The average Bonchev–Trinajstić information content (AvgIpc) is 2.96. The van der Waals surface area contributed by atoms with Crippen molar-refractivity contribution >= 4 is 23.6 Å². The molecule has 1 heterocycles. The highest BCUT2D eigenvalue weighted by Gasteiger charge is 2.30. The van der Waals surface area contributed by atoms with E-state index in [1.807, 2.05) is 0 Å². The minimum Gasteiger partial charge on any atom is -0.504 e. The number of hydrogen-bond donors (Lipinski definition) is 2. The Balaban J connectivity index is 2.06. The molecule has 0 aliphatic carbocycles. The molecule has 7 heteroatoms. The summed E-state index contributed by atoms with van der Waals surface area (Å²) < 4.78 is 5.10. The number of ether oxygens (including phenoxy) is 1. The van der Waals surface area contributed by atoms with Crippen LogP contribution < -0.4 is 4.74 Å². The maximum absolute atomic E-state index is 12.3. The SMILES string of the molecule is COc1cc(C2SCCN2C(=O)CCCC(=O)O)ccc1O. The van der Waals surface area contributed by atoms with Gasteiger partial charge in [0.25, 0.3) is 0 Å². The molecule has 22 heavy (non-hydrogen) atoms. The molecular formula is C15H19NO5S. The Kier molecular flexibility index (Phi) is 5.54. The number of methoxy groups -OCH3 is 1. The molecule has 0 radical (unpaired) electrons. The summed E-state index contributed by atoms with van der Waals surface area (Å²) in [6, 6.07) is 5.06. The van der Waals surface area contributed by atoms with Gasteiger partial charge in [-0.05, 0) is 24.1 Å². The Hall–Kier alpha value is -1.89. The smallest absolute Gasteiger partial charge is 0.303 e. The molecule has 0 bridgehead atoms. The second-order valence-electron chi connectivity index (χ2n) is 4.99. The standard InChI is InChI=1S/C15H19NO5S/c1-21-12-9-10(5-6-11(12)17)15-16(7-8-22-15)13(18)3-2-4-14(19)20/h5-6,9,15,17H,2-4,7-8H2,1H3,(H,19,20). The number of carbonyl (C=O) groups is 2. The Bertz CT molecular complexity index is 563. The van der Waals surface area contributed by atoms with Gasteiger partial charge in [-0.1, -0.05) is 6.07 Å². The van der Waals surface area contributed by atoms with Gasteiger partial charge in [0.2, 0.25) is 5.91 Å². The van der Waals surface area contributed by atoms with Gasteiger partial charge in [0, 0.05) is 25.1 Å². The monoisotopic (exact) mass is 325 g/mol. The number of phenolic OH excluding ortho intramolecular Hbond substituents is 1. The maximum atomic E-state index is 12.3. The molecule has 1 aliphatic rings. The molecule has 2 N–H and O–H groups in total. The molecule has 1 saturated heterocycles. The van der Waals surface area contributed by atoms with Crippen LogP contribution in [-0.2, 0) is 9.59 Å². The van der Waals surface area contributed by atoms with Gasteiger partial charge in [-0.15, -0.1) is 11.8 Å². The Morgan fingerprint density at radius 1 is 1.41 bits per heavy atom. The highest BCUT2D eigenvalue weighted by atomic mass is 32.2. The predicted molar refractivity (Wildman–Crippen MR) is 83.1 cm³/mol. The van der Waals surface area contributed by atoms with Crippen LogP contribution in [0.2, 0.25) is 0 Å². The highest BCUT2D eigenvalue weighted by Crippen LogP contribution is 2.41. The molecular weight excluding hydrogens is 306 g/mol. The largest absolute Gasteiger partial charge is 0.504 e. The van der Waals surface area contributed by atoms with Gasteiger partial charge in [0.05, 0.1) is 7.11 Å². The van der Waals surface area contributed by atoms with E-state index in [9.17, 15) is 14.7 Å². The van der Waals surface area contributed by atoms with Crippen molar-refractivity contribution in [2.75, 3.05) is 19.4 Å². The number of aliphatic carboxylic acids is 1. The zero-order chi connectivity index (χ0) is 16.1. The first-order valence-corrected chi connectivity index (χ1v) is 8.07. The van der Waals surface area contributed by atoms with E-state index in [2.05, 4.69) is 0 Å². The van der Waals surface area contributed by atoms with Gasteiger partial charge in [0.15, 0.2) is 11.5 Å². The molecule has 1 aromatic carbocycles. The third kappa shape index (κ3) is 3.85. The van der Waals surface area contributed by atoms with Crippen molar-refractivity contribution < 1.29 is 24.5 Å². The van der Waals surface area contributed by atoms with Crippen LogP contribution in [-0.4, -0.2) is 46.4 Å². The number of amides is 1. The number of carbonyl (C=O) groups excluding carboxylic acids is 1. The van der Waals surface area contributed by atoms with Crippen molar-refractivity contribution in [2.45, 2.75) is 24.6 Å². The van der Waals surface area contributed by atoms with Crippen molar-refractivity contribution in [3.8, 4) is 11.5 Å². The summed E-state index contributed by atoms with van der Waals surface area (Å²) >= 11 is 1.65. The van der Waals surface area contributed by atoms with E-state index in [1.54, 1.807) is 34.9 Å². The molecule has 1 fully saturated rings. The van der Waals surface area contributed by atoms with Crippen molar-refractivity contribution in [3.05, 3.63) is 23.8 Å². The molecule has 1 aliphatic heterocycles. The van der Waals surface area contributed by atoms with Gasteiger partial charge in [-0.3, -0.25) is 9.59 Å². The minimum absolute atomic E-state index is 0.00439. The van der Waals surface area contributed by atoms with Crippen LogP contribution in [0, 0.1) is 0 Å². The second-order valence-corrected chi connectivity index (χ2v) is 6.18. The summed E-state index contributed by atoms with van der Waals surface area (Å²) in [5.74, 6) is 0.349. The molecule has 0 saturated carbocycles. The molecule has 1 unspecified atom stereocenters. The summed E-state index contributed by atoms with van der Waals surface area (Å²) in [4.78, 5) is 24.6. The van der Waals surface area contributed by atoms with Crippen molar-refractivity contribution in [1.29, 1.82) is 0 Å². The summed E-state index contributed by atoms with van der Waals surface area (Å²) in [5, 5.41) is 18.2. The van der Waals surface area contributed by atoms with E-state index >= 15 is 0 Å². The first kappa shape index (κ1) is 16.5. The maximum Gasteiger partial charge on any atom is 0.303 e. The number of benzene rings is 1. The quantitative estimate of drug-likeness (QED) is 0.834. The van der Waals surface area contributed by atoms with Crippen LogP contribution in [0.1, 0.15) is 30.2 Å². The lowest BCUT2D eigenvalue weighted by molar-refractivity contribution is -0.137. The van der Waals surface area contributed by atoms with Crippen LogP contribution in [0.3, 0.4) is 0 Å². The van der Waals surface area contributed by atoms with Crippen LogP contribution >= 0.6 is 11.8 Å². The Morgan fingerprint density at radius 2 is 2.18 bits per heavy atom. The molecule has 0 aromatic heterocycles. The van der Waals surface area contributed by atoms with Crippen LogP contribution in [0.5, 0.6) is 11.5 Å². The number of nitrogens with zero attached hydrogens (tertiary/aromatic N) is 1. The van der Waals surface area contributed by atoms with Gasteiger partial charge < -0.3 is 19.8 Å². The summed E-state index contributed by atoms with van der Waals surface area (Å²) in [6.45, 7) is 0.643. The minimum atomic E-state index is -0.886. The molecule has 1 aromatic rings. The van der Waals surface area contributed by atoms with Gasteiger partial charge in [0.1, 0.15) is 5.37 Å². The Labute approximate surface area is 133 Å². The third-order valence-electron chi connectivity index (χ3n) is 3.48. The van der Waals surface area contributed by atoms with E-state index < -0.39 is 5.97 Å². The number of phenols is 1. The van der Waals surface area contributed by atoms with Crippen molar-refractivity contribution in [3.63, 3.8) is 0 Å². The zero-order valence-corrected chi connectivity index (χ0v) is 13.1. The normalized spacial score (nSPS) is 17.5. The third-order valence-corrected chi connectivity index (χ3v) is 4.74. The summed E-state index contributed by atoms with van der Waals surface area (Å²) in [5.41, 5.74) is 0.892. The molecule has 120 valence electrons. The first-order chi connectivity index (χ1) is 10.5. The number of hydrogen-bond acceptors (Lipinski definition) is 5. The van der Waals surface area contributed by atoms with Crippen molar-refractivity contribution in [1.82, 2.24) is 4.90 Å². The van der Waals surface area contributed by atoms with Gasteiger partial charge >= 0.3 is 5.97 Å². The average molecular weight is 325 g/mol. The number of rotatable bonds is 6. The molecule has 1 atom stereocenters. The first-order valence-electron chi connectivity index (χ1n) is 7.02. The van der Waals surface area contributed by atoms with Crippen LogP contribution in [0.4, 0.5) is 0 Å². The fourth-order valence-corrected chi connectivity index (χ4v) is 3.65. The number of carboxylic acids is 1. The second kappa shape index (κ2) is 7.40. The number of aromatic hydroxyl groups is 1. The Morgan fingerprint density at radius 3 is 2.86 bits per heavy atom. The lowest BCUT2D eigenvalue weighted by Crippen LogP contribution is -2.30. The van der Waals surface area contributed by atoms with E-state index in [0.717, 1.165) is 11.3 Å². The molecule has 2 rings (SSSR count). The van der Waals surface area contributed by atoms with E-state index in [1.165, 1.54) is 7.11 Å². The van der Waals surface area contributed by atoms with Crippen molar-refractivity contribution in [2.24, 2.45) is 0 Å². The van der Waals surface area contributed by atoms with E-state index in [-0.39, 0.29) is 29.9 Å².